The number of nitrogens with zero attached hydrogens (tertiary/aromatic N) is 1. The summed E-state index contributed by atoms with van der Waals surface area (Å²) in [4.78, 5) is 4.44. The van der Waals surface area contributed by atoms with E-state index in [0.29, 0.717) is 6.61 Å². The molecule has 0 bridgehead atoms. The van der Waals surface area contributed by atoms with Gasteiger partial charge in [-0.05, 0) is 18.2 Å². The van der Waals surface area contributed by atoms with Crippen molar-refractivity contribution >= 4 is 17.4 Å². The maximum absolute atomic E-state index is 6.14. The summed E-state index contributed by atoms with van der Waals surface area (Å²) in [6.07, 6.45) is 0. The van der Waals surface area contributed by atoms with Crippen LogP contribution in [0.1, 0.15) is 11.1 Å². The van der Waals surface area contributed by atoms with Crippen LogP contribution in [0, 0.1) is 0 Å². The van der Waals surface area contributed by atoms with Gasteiger partial charge in [0.1, 0.15) is 18.2 Å². The number of ether oxygens (including phenoxy) is 1. The highest BCUT2D eigenvalue weighted by Crippen LogP contribution is 2.22. The van der Waals surface area contributed by atoms with Crippen LogP contribution in [0.4, 0.5) is 0 Å². The Bertz CT molecular complexity index is 640. The van der Waals surface area contributed by atoms with Gasteiger partial charge in [-0.2, -0.15) is 0 Å². The van der Waals surface area contributed by atoms with Gasteiger partial charge in [-0.1, -0.05) is 41.9 Å². The van der Waals surface area contributed by atoms with E-state index < -0.39 is 0 Å². The molecule has 0 amide bonds. The summed E-state index contributed by atoms with van der Waals surface area (Å²) in [5.74, 6) is 1.72. The molecule has 1 N–H and O–H groups in total. The second-order valence-electron chi connectivity index (χ2n) is 4.53. The van der Waals surface area contributed by atoms with E-state index >= 15 is 0 Å². The molecule has 4 heteroatoms. The van der Waals surface area contributed by atoms with Crippen molar-refractivity contribution in [2.24, 2.45) is 4.99 Å². The molecule has 3 rings (SSSR count). The average molecular weight is 287 g/mol. The first kappa shape index (κ1) is 13.0. The van der Waals surface area contributed by atoms with Crippen molar-refractivity contribution in [3.63, 3.8) is 0 Å². The zero-order chi connectivity index (χ0) is 13.8. The number of para-hydroxylation sites is 1. The molecule has 2 aromatic carbocycles. The lowest BCUT2D eigenvalue weighted by molar-refractivity contribution is 0.305. The van der Waals surface area contributed by atoms with E-state index in [1.807, 2.05) is 48.5 Å². The Morgan fingerprint density at radius 2 is 1.90 bits per heavy atom. The lowest BCUT2D eigenvalue weighted by Gasteiger charge is -2.12. The minimum Gasteiger partial charge on any atom is -0.488 e. The predicted molar refractivity (Wildman–Crippen MR) is 81.6 cm³/mol. The third-order valence-corrected chi connectivity index (χ3v) is 3.53. The summed E-state index contributed by atoms with van der Waals surface area (Å²) >= 11 is 6.14. The minimum absolute atomic E-state index is 0.448. The summed E-state index contributed by atoms with van der Waals surface area (Å²) in [5, 5.41) is 3.99. The van der Waals surface area contributed by atoms with Gasteiger partial charge >= 0.3 is 0 Å². The molecular formula is C16H15ClN2O. The molecule has 1 aliphatic rings. The van der Waals surface area contributed by atoms with Crippen LogP contribution in [0.25, 0.3) is 0 Å². The highest BCUT2D eigenvalue weighted by Gasteiger charge is 2.13. The summed E-state index contributed by atoms with van der Waals surface area (Å²) in [6.45, 7) is 2.15. The van der Waals surface area contributed by atoms with Crippen LogP contribution in [0.2, 0.25) is 5.02 Å². The van der Waals surface area contributed by atoms with Gasteiger partial charge in [-0.3, -0.25) is 4.99 Å². The normalized spacial score (nSPS) is 13.8. The molecule has 102 valence electrons. The summed E-state index contributed by atoms with van der Waals surface area (Å²) in [6, 6.07) is 15.6. The molecule has 0 radical (unpaired) electrons. The van der Waals surface area contributed by atoms with Crippen molar-refractivity contribution < 1.29 is 4.74 Å². The van der Waals surface area contributed by atoms with Crippen molar-refractivity contribution in [3.8, 4) is 5.75 Å². The first-order chi connectivity index (χ1) is 9.84. The van der Waals surface area contributed by atoms with E-state index in [1.54, 1.807) is 0 Å². The fraction of sp³-hybridized carbons (Fsp3) is 0.188. The van der Waals surface area contributed by atoms with Crippen LogP contribution in [0.3, 0.4) is 0 Å². The maximum Gasteiger partial charge on any atom is 0.132 e. The van der Waals surface area contributed by atoms with Crippen molar-refractivity contribution in [2.45, 2.75) is 6.61 Å². The fourth-order valence-corrected chi connectivity index (χ4v) is 2.33. The Balaban J connectivity index is 1.79. The van der Waals surface area contributed by atoms with E-state index in [9.17, 15) is 0 Å². The Kier molecular flexibility index (Phi) is 3.88. The molecule has 0 spiro atoms. The minimum atomic E-state index is 0.448. The molecule has 20 heavy (non-hydrogen) atoms. The van der Waals surface area contributed by atoms with E-state index in [4.69, 9.17) is 16.3 Å². The Labute approximate surface area is 123 Å². The Hall–Kier alpha value is -2.00. The van der Waals surface area contributed by atoms with Crippen LogP contribution in [0.5, 0.6) is 5.75 Å². The first-order valence-electron chi connectivity index (χ1n) is 6.58. The van der Waals surface area contributed by atoms with Gasteiger partial charge in [-0.25, -0.2) is 0 Å². The summed E-state index contributed by atoms with van der Waals surface area (Å²) < 4.78 is 5.91. The van der Waals surface area contributed by atoms with E-state index in [1.165, 1.54) is 0 Å². The molecule has 0 unspecified atom stereocenters. The SMILES string of the molecule is Clc1ccccc1COc1ccccc1C1=NCCN1. The zero-order valence-corrected chi connectivity index (χ0v) is 11.7. The van der Waals surface area contributed by atoms with Gasteiger partial charge in [-0.15, -0.1) is 0 Å². The van der Waals surface area contributed by atoms with Gasteiger partial charge in [0.15, 0.2) is 0 Å². The molecule has 0 saturated heterocycles. The van der Waals surface area contributed by atoms with Crippen LogP contribution in [0.15, 0.2) is 53.5 Å². The van der Waals surface area contributed by atoms with E-state index in [2.05, 4.69) is 10.3 Å². The highest BCUT2D eigenvalue weighted by molar-refractivity contribution is 6.31. The quantitative estimate of drug-likeness (QED) is 0.936. The molecule has 0 aromatic heterocycles. The van der Waals surface area contributed by atoms with Crippen molar-refractivity contribution in [3.05, 3.63) is 64.7 Å². The number of hydrogen-bond donors (Lipinski definition) is 1. The van der Waals surface area contributed by atoms with Crippen LogP contribution >= 0.6 is 11.6 Å². The second kappa shape index (κ2) is 5.97. The maximum atomic E-state index is 6.14. The molecule has 0 atom stereocenters. The van der Waals surface area contributed by atoms with E-state index in [-0.39, 0.29) is 0 Å². The molecule has 0 aliphatic carbocycles. The molecule has 2 aromatic rings. The van der Waals surface area contributed by atoms with Crippen molar-refractivity contribution in [1.29, 1.82) is 0 Å². The largest absolute Gasteiger partial charge is 0.488 e. The van der Waals surface area contributed by atoms with Gasteiger partial charge in [0, 0.05) is 17.1 Å². The molecule has 1 aliphatic heterocycles. The molecule has 0 saturated carbocycles. The third-order valence-electron chi connectivity index (χ3n) is 3.16. The van der Waals surface area contributed by atoms with Crippen molar-refractivity contribution in [2.75, 3.05) is 13.1 Å². The monoisotopic (exact) mass is 286 g/mol. The Morgan fingerprint density at radius 1 is 1.10 bits per heavy atom. The predicted octanol–water partition coefficient (Wildman–Crippen LogP) is 3.27. The lowest BCUT2D eigenvalue weighted by Crippen LogP contribution is -2.20. The Morgan fingerprint density at radius 3 is 2.70 bits per heavy atom. The van der Waals surface area contributed by atoms with Gasteiger partial charge in [0.05, 0.1) is 12.1 Å². The second-order valence-corrected chi connectivity index (χ2v) is 4.94. The van der Waals surface area contributed by atoms with Crippen molar-refractivity contribution in [1.82, 2.24) is 5.32 Å². The summed E-state index contributed by atoms with van der Waals surface area (Å²) in [5.41, 5.74) is 1.97. The lowest BCUT2D eigenvalue weighted by atomic mass is 10.2. The topological polar surface area (TPSA) is 33.6 Å². The standard InChI is InChI=1S/C16H15ClN2O/c17-14-7-3-1-5-12(14)11-20-15-8-4-2-6-13(15)16-18-9-10-19-16/h1-8H,9-11H2,(H,18,19). The highest BCUT2D eigenvalue weighted by atomic mass is 35.5. The number of hydrogen-bond acceptors (Lipinski definition) is 3. The van der Waals surface area contributed by atoms with Gasteiger partial charge < -0.3 is 10.1 Å². The van der Waals surface area contributed by atoms with Gasteiger partial charge in [0.25, 0.3) is 0 Å². The number of aliphatic imine (C=N–C) groups is 1. The molecule has 0 fully saturated rings. The number of rotatable bonds is 4. The molecule has 1 heterocycles. The fourth-order valence-electron chi connectivity index (χ4n) is 2.14. The average Bonchev–Trinajstić information content (AvgIpc) is 3.01. The third kappa shape index (κ3) is 2.78. The number of amidine groups is 1. The first-order valence-corrected chi connectivity index (χ1v) is 6.96. The number of nitrogens with one attached hydrogen (secondary N) is 1. The van der Waals surface area contributed by atoms with Crippen LogP contribution in [-0.2, 0) is 6.61 Å². The van der Waals surface area contributed by atoms with Crippen LogP contribution < -0.4 is 10.1 Å². The van der Waals surface area contributed by atoms with Crippen LogP contribution in [-0.4, -0.2) is 18.9 Å². The van der Waals surface area contributed by atoms with E-state index in [0.717, 1.165) is 40.8 Å². The number of halogens is 1. The summed E-state index contributed by atoms with van der Waals surface area (Å²) in [7, 11) is 0. The molecular weight excluding hydrogens is 272 g/mol. The molecule has 3 nitrogen and oxygen atoms in total. The number of benzene rings is 2. The zero-order valence-electron chi connectivity index (χ0n) is 11.0. The smallest absolute Gasteiger partial charge is 0.132 e. The van der Waals surface area contributed by atoms with Gasteiger partial charge in [0.2, 0.25) is 0 Å².